The van der Waals surface area contributed by atoms with Gasteiger partial charge in [0, 0.05) is 16.6 Å². The van der Waals surface area contributed by atoms with Crippen LogP contribution in [0.1, 0.15) is 24.2 Å². The Bertz CT molecular complexity index is 640. The first-order valence-corrected chi connectivity index (χ1v) is 7.06. The van der Waals surface area contributed by atoms with Crippen LogP contribution in [0.4, 0.5) is 4.39 Å². The van der Waals surface area contributed by atoms with E-state index in [9.17, 15) is 9.18 Å². The Morgan fingerprint density at radius 1 is 1.45 bits per heavy atom. The molecule has 6 heteroatoms. The summed E-state index contributed by atoms with van der Waals surface area (Å²) in [4.78, 5) is 11.9. The van der Waals surface area contributed by atoms with E-state index in [0.717, 1.165) is 0 Å². The Morgan fingerprint density at radius 2 is 2.20 bits per heavy atom. The first kappa shape index (κ1) is 14.7. The molecule has 0 aliphatic rings. The Morgan fingerprint density at radius 3 is 2.80 bits per heavy atom. The summed E-state index contributed by atoms with van der Waals surface area (Å²) < 4.78 is 21.3. The highest BCUT2D eigenvalue weighted by molar-refractivity contribution is 9.10. The predicted octanol–water partition coefficient (Wildman–Crippen LogP) is 3.65. The maximum atomic E-state index is 14.1. The largest absolute Gasteiger partial charge is 0.462 e. The molecule has 0 saturated heterocycles. The summed E-state index contributed by atoms with van der Waals surface area (Å²) in [6, 6.07) is 4.70. The number of rotatable bonds is 4. The number of aryl methyl sites for hydroxylation is 1. The van der Waals surface area contributed by atoms with Crippen molar-refractivity contribution in [3.63, 3.8) is 0 Å². The summed E-state index contributed by atoms with van der Waals surface area (Å²) in [5, 5.41) is 4.12. The highest BCUT2D eigenvalue weighted by atomic mass is 79.9. The molecule has 106 valence electrons. The van der Waals surface area contributed by atoms with Crippen LogP contribution < -0.4 is 0 Å². The lowest BCUT2D eigenvalue weighted by Crippen LogP contribution is -2.08. The average molecular weight is 341 g/mol. The molecule has 0 atom stereocenters. The molecule has 4 nitrogen and oxygen atoms in total. The van der Waals surface area contributed by atoms with Crippen molar-refractivity contribution in [3.8, 4) is 11.3 Å². The molecule has 0 N–H and O–H groups in total. The van der Waals surface area contributed by atoms with Gasteiger partial charge in [0.15, 0.2) is 0 Å². The fraction of sp³-hybridized carbons (Fsp3) is 0.286. The van der Waals surface area contributed by atoms with E-state index in [2.05, 4.69) is 21.0 Å². The second kappa shape index (κ2) is 6.17. The summed E-state index contributed by atoms with van der Waals surface area (Å²) in [7, 11) is 0. The van der Waals surface area contributed by atoms with Crippen LogP contribution >= 0.6 is 15.9 Å². The van der Waals surface area contributed by atoms with Crippen molar-refractivity contribution in [1.29, 1.82) is 0 Å². The predicted molar refractivity (Wildman–Crippen MR) is 77.0 cm³/mol. The molecule has 2 aromatic rings. The molecule has 1 aromatic heterocycles. The Hall–Kier alpha value is -1.69. The molecular formula is C14H14BrFN2O2. The Labute approximate surface area is 124 Å². The van der Waals surface area contributed by atoms with Crippen molar-refractivity contribution in [1.82, 2.24) is 9.78 Å². The van der Waals surface area contributed by atoms with Crippen LogP contribution in [0, 0.1) is 5.82 Å². The number of hydrogen-bond acceptors (Lipinski definition) is 3. The molecule has 0 fully saturated rings. The van der Waals surface area contributed by atoms with E-state index < -0.39 is 11.8 Å². The van der Waals surface area contributed by atoms with Crippen LogP contribution in [0.15, 0.2) is 28.9 Å². The van der Waals surface area contributed by atoms with Gasteiger partial charge in [-0.05, 0) is 32.0 Å². The topological polar surface area (TPSA) is 44.1 Å². The van der Waals surface area contributed by atoms with Crippen LogP contribution in [-0.4, -0.2) is 22.4 Å². The van der Waals surface area contributed by atoms with E-state index in [-0.39, 0.29) is 12.2 Å². The molecular weight excluding hydrogens is 327 g/mol. The third-order valence-electron chi connectivity index (χ3n) is 2.82. The van der Waals surface area contributed by atoms with E-state index in [1.54, 1.807) is 23.7 Å². The van der Waals surface area contributed by atoms with Crippen LogP contribution in [0.25, 0.3) is 11.3 Å². The van der Waals surface area contributed by atoms with Crippen molar-refractivity contribution in [3.05, 3.63) is 40.2 Å². The maximum absolute atomic E-state index is 14.1. The molecule has 20 heavy (non-hydrogen) atoms. The lowest BCUT2D eigenvalue weighted by Gasteiger charge is -2.09. The highest BCUT2D eigenvalue weighted by Gasteiger charge is 2.21. The summed E-state index contributed by atoms with van der Waals surface area (Å²) in [6.07, 6.45) is 1.41. The zero-order valence-electron chi connectivity index (χ0n) is 11.2. The quantitative estimate of drug-likeness (QED) is 0.798. The molecule has 0 unspecified atom stereocenters. The second-order valence-corrected chi connectivity index (χ2v) is 4.98. The van der Waals surface area contributed by atoms with E-state index in [0.29, 0.717) is 22.3 Å². The van der Waals surface area contributed by atoms with Crippen molar-refractivity contribution < 1.29 is 13.9 Å². The number of carbonyl (C=O) groups excluding carboxylic acids is 1. The van der Waals surface area contributed by atoms with Gasteiger partial charge in [0.2, 0.25) is 0 Å². The number of nitrogens with zero attached hydrogens (tertiary/aromatic N) is 2. The van der Waals surface area contributed by atoms with Crippen LogP contribution in [-0.2, 0) is 11.3 Å². The lowest BCUT2D eigenvalue weighted by atomic mass is 10.1. The molecule has 0 spiro atoms. The number of hydrogen-bond donors (Lipinski definition) is 0. The number of aromatic nitrogens is 2. The number of halogens is 2. The minimum absolute atomic E-state index is 0.262. The van der Waals surface area contributed by atoms with Gasteiger partial charge in [-0.3, -0.25) is 4.68 Å². The van der Waals surface area contributed by atoms with Gasteiger partial charge in [-0.2, -0.15) is 5.10 Å². The van der Waals surface area contributed by atoms with Gasteiger partial charge < -0.3 is 4.74 Å². The standard InChI is InChI=1S/C14H14BrFN2O2/c1-3-18-13(10-6-5-9(15)7-12(10)16)11(8-17-18)14(19)20-4-2/h5-8H,3-4H2,1-2H3. The molecule has 0 aliphatic carbocycles. The van der Waals surface area contributed by atoms with E-state index >= 15 is 0 Å². The zero-order chi connectivity index (χ0) is 14.7. The van der Waals surface area contributed by atoms with Crippen molar-refractivity contribution in [2.24, 2.45) is 0 Å². The summed E-state index contributed by atoms with van der Waals surface area (Å²) >= 11 is 3.21. The first-order valence-electron chi connectivity index (χ1n) is 6.26. The molecule has 0 amide bonds. The number of carbonyl (C=O) groups is 1. The van der Waals surface area contributed by atoms with Crippen LogP contribution in [0.3, 0.4) is 0 Å². The zero-order valence-corrected chi connectivity index (χ0v) is 12.8. The third kappa shape index (κ3) is 2.75. The maximum Gasteiger partial charge on any atom is 0.341 e. The van der Waals surface area contributed by atoms with Gasteiger partial charge in [0.05, 0.1) is 18.5 Å². The third-order valence-corrected chi connectivity index (χ3v) is 3.31. The summed E-state index contributed by atoms with van der Waals surface area (Å²) in [5.41, 5.74) is 1.04. The van der Waals surface area contributed by atoms with Gasteiger partial charge in [0.25, 0.3) is 0 Å². The minimum atomic E-state index is -0.496. The number of ether oxygens (including phenoxy) is 1. The lowest BCUT2D eigenvalue weighted by molar-refractivity contribution is 0.0527. The fourth-order valence-corrected chi connectivity index (χ4v) is 2.28. The molecule has 0 radical (unpaired) electrons. The Balaban J connectivity index is 2.59. The van der Waals surface area contributed by atoms with Crippen molar-refractivity contribution >= 4 is 21.9 Å². The van der Waals surface area contributed by atoms with Crippen molar-refractivity contribution in [2.75, 3.05) is 6.61 Å². The van der Waals surface area contributed by atoms with Crippen LogP contribution in [0.2, 0.25) is 0 Å². The first-order chi connectivity index (χ1) is 9.58. The molecule has 0 bridgehead atoms. The number of benzene rings is 1. The number of esters is 1. The SMILES string of the molecule is CCOC(=O)c1cnn(CC)c1-c1ccc(Br)cc1F. The Kier molecular flexibility index (Phi) is 4.54. The fourth-order valence-electron chi connectivity index (χ4n) is 1.95. The minimum Gasteiger partial charge on any atom is -0.462 e. The van der Waals surface area contributed by atoms with Crippen LogP contribution in [0.5, 0.6) is 0 Å². The van der Waals surface area contributed by atoms with Gasteiger partial charge in [-0.15, -0.1) is 0 Å². The monoisotopic (exact) mass is 340 g/mol. The van der Waals surface area contributed by atoms with Gasteiger partial charge in [-0.25, -0.2) is 9.18 Å². The van der Waals surface area contributed by atoms with Crippen molar-refractivity contribution in [2.45, 2.75) is 20.4 Å². The molecule has 1 heterocycles. The summed E-state index contributed by atoms with van der Waals surface area (Å²) in [6.45, 7) is 4.40. The molecule has 0 saturated carbocycles. The second-order valence-electron chi connectivity index (χ2n) is 4.07. The van der Waals surface area contributed by atoms with Gasteiger partial charge >= 0.3 is 5.97 Å². The average Bonchev–Trinajstić information content (AvgIpc) is 2.82. The molecule has 0 aliphatic heterocycles. The molecule has 2 rings (SSSR count). The smallest absolute Gasteiger partial charge is 0.341 e. The van der Waals surface area contributed by atoms with E-state index in [4.69, 9.17) is 4.74 Å². The molecule has 1 aromatic carbocycles. The summed E-state index contributed by atoms with van der Waals surface area (Å²) in [5.74, 6) is -0.912. The highest BCUT2D eigenvalue weighted by Crippen LogP contribution is 2.29. The van der Waals surface area contributed by atoms with Gasteiger partial charge in [0.1, 0.15) is 11.4 Å². The van der Waals surface area contributed by atoms with Gasteiger partial charge in [-0.1, -0.05) is 15.9 Å². The van der Waals surface area contributed by atoms with E-state index in [1.165, 1.54) is 12.3 Å². The van der Waals surface area contributed by atoms with E-state index in [1.807, 2.05) is 6.92 Å². The normalized spacial score (nSPS) is 10.6.